The van der Waals surface area contributed by atoms with Gasteiger partial charge in [-0.05, 0) is 279 Å². The van der Waals surface area contributed by atoms with Gasteiger partial charge in [-0.25, -0.2) is 0 Å². The van der Waals surface area contributed by atoms with Gasteiger partial charge < -0.3 is 66.9 Å². The number of Topliss-reactive ketones (excluding diaryl/α,β-unsaturated/α-hetero) is 1. The summed E-state index contributed by atoms with van der Waals surface area (Å²) in [5, 5.41) is 68.6. The van der Waals surface area contributed by atoms with E-state index in [1.165, 1.54) is 81.0 Å². The van der Waals surface area contributed by atoms with Crippen molar-refractivity contribution in [2.24, 2.45) is 5.73 Å². The molecule has 0 aliphatic rings. The number of carbonyl (C=O) groups is 4. The number of rotatable bonds is 33. The Labute approximate surface area is 925 Å². The molecular weight excluding hydrogens is 2040 g/mol. The SMILES string of the molecule is BrCCBr.CCC(=C(c1ccc(O)cc1)c1ccc(OCCBr)cc1)c1ccccc1.CCC(=C(c1ccc(O)cc1)c1ccc(OCCN)cc1)c1ccccc1.CCC(=O)c1ccccc1.CCCCOc1ccc(C(=C(CC)c2ccccc2)c2ccc(O)cc2)cc1.O=C(c1ccc(O)cc1)c1ccc(O)cc1.O=C(c1ccc(O)cc1)c1ccc(OCCBr)cc1.O=CO[O-].[H-].[K+].[K+]. The summed E-state index contributed by atoms with van der Waals surface area (Å²) < 4.78 is 22.5. The van der Waals surface area contributed by atoms with Crippen LogP contribution in [0.2, 0.25) is 0 Å². The molecule has 0 saturated carbocycles. The molecule has 137 heavy (non-hydrogen) atoms. The number of hydrogen-bond acceptors (Lipinski definition) is 17. The van der Waals surface area contributed by atoms with E-state index in [0.29, 0.717) is 55.0 Å². The predicted molar refractivity (Wildman–Crippen MR) is 560 cm³/mol. The molecule has 0 spiro atoms. The molecule has 0 aliphatic carbocycles. The molecule has 0 aliphatic heterocycles. The number of phenols is 6. The molecule has 0 bridgehead atoms. The Bertz CT molecular complexity index is 5680. The number of benzene rings is 14. The second-order valence-corrected chi connectivity index (χ2v) is 32.6. The number of ether oxygens (including phenoxy) is 4. The summed E-state index contributed by atoms with van der Waals surface area (Å²) in [6.45, 7) is 13.4. The molecule has 0 saturated heterocycles. The van der Waals surface area contributed by atoms with Crippen molar-refractivity contribution in [3.8, 4) is 57.5 Å². The van der Waals surface area contributed by atoms with Crippen LogP contribution in [0.15, 0.2) is 364 Å². The quantitative estimate of drug-likeness (QED) is 0.00294. The van der Waals surface area contributed by atoms with E-state index in [9.17, 15) is 34.8 Å². The first-order valence-corrected chi connectivity index (χ1v) is 48.6. The van der Waals surface area contributed by atoms with Crippen LogP contribution >= 0.6 is 63.7 Å². The van der Waals surface area contributed by atoms with Crippen molar-refractivity contribution in [2.75, 3.05) is 54.3 Å². The summed E-state index contributed by atoms with van der Waals surface area (Å²) in [4.78, 5) is 46.3. The zero-order valence-electron chi connectivity index (χ0n) is 79.2. The molecule has 17 nitrogen and oxygen atoms in total. The fraction of sp³-hybridized carbons (Fsp3) is 0.175. The third-order valence-electron chi connectivity index (χ3n) is 20.1. The van der Waals surface area contributed by atoms with Crippen molar-refractivity contribution >= 4 is 121 Å². The Balaban J connectivity index is 0.000000346. The minimum atomic E-state index is -0.181. The maximum absolute atomic E-state index is 12.2. The Hall–Kier alpha value is -10.1. The minimum Gasteiger partial charge on any atom is -1.00 e. The third kappa shape index (κ3) is 41.1. The molecule has 0 heterocycles. The second-order valence-electron chi connectivity index (χ2n) is 29.4. The summed E-state index contributed by atoms with van der Waals surface area (Å²) in [5.74, 6) is 4.53. The van der Waals surface area contributed by atoms with Gasteiger partial charge in [0.2, 0.25) is 0 Å². The minimum absolute atomic E-state index is 0. The van der Waals surface area contributed by atoms with Crippen molar-refractivity contribution in [1.82, 2.24) is 0 Å². The van der Waals surface area contributed by atoms with Crippen LogP contribution in [0.5, 0.6) is 57.5 Å². The van der Waals surface area contributed by atoms with Gasteiger partial charge >= 0.3 is 103 Å². The van der Waals surface area contributed by atoms with E-state index in [0.717, 1.165) is 128 Å². The number of allylic oxidation sites excluding steroid dienone is 3. The van der Waals surface area contributed by atoms with Crippen molar-refractivity contribution in [1.29, 1.82) is 0 Å². The van der Waals surface area contributed by atoms with Crippen LogP contribution in [0.4, 0.5) is 0 Å². The fourth-order valence-electron chi connectivity index (χ4n) is 13.6. The molecular formula is C114H115Br4K2NO16. The maximum atomic E-state index is 12.2. The average Bonchev–Trinajstić information content (AvgIpc) is 0.805. The van der Waals surface area contributed by atoms with Crippen molar-refractivity contribution in [3.05, 3.63) is 442 Å². The Morgan fingerprint density at radius 1 is 0.285 bits per heavy atom. The molecule has 14 rings (SSSR count). The van der Waals surface area contributed by atoms with Gasteiger partial charge in [0.25, 0.3) is 6.47 Å². The van der Waals surface area contributed by atoms with E-state index in [-0.39, 0.29) is 163 Å². The van der Waals surface area contributed by atoms with E-state index in [1.807, 2.05) is 128 Å². The number of phenolic OH excluding ortho intramolecular Hbond substituents is 6. The number of nitrogens with two attached hydrogens (primary N) is 1. The number of carbonyl (C=O) groups excluding carboxylic acids is 4. The summed E-state index contributed by atoms with van der Waals surface area (Å²) in [6, 6.07) is 113. The molecule has 0 aromatic heterocycles. The van der Waals surface area contributed by atoms with Crippen molar-refractivity contribution in [2.45, 2.75) is 73.1 Å². The van der Waals surface area contributed by atoms with Gasteiger partial charge in [-0.1, -0.05) is 299 Å². The summed E-state index contributed by atoms with van der Waals surface area (Å²) in [5.41, 5.74) is 26.1. The largest absolute Gasteiger partial charge is 1.00 e. The molecule has 0 amide bonds. The first-order valence-electron chi connectivity index (χ1n) is 44.1. The van der Waals surface area contributed by atoms with Crippen molar-refractivity contribution < 1.29 is 183 Å². The van der Waals surface area contributed by atoms with Gasteiger partial charge in [-0.3, -0.25) is 19.2 Å². The second kappa shape index (κ2) is 68.0. The van der Waals surface area contributed by atoms with Crippen LogP contribution in [0.1, 0.15) is 167 Å². The van der Waals surface area contributed by atoms with E-state index in [2.05, 4.69) is 205 Å². The van der Waals surface area contributed by atoms with Crippen LogP contribution in [0.25, 0.3) is 33.4 Å². The first-order chi connectivity index (χ1) is 65.7. The number of hydrogen-bond donors (Lipinski definition) is 7. The zero-order chi connectivity index (χ0) is 97.3. The summed E-state index contributed by atoms with van der Waals surface area (Å²) >= 11 is 13.1. The van der Waals surface area contributed by atoms with E-state index in [4.69, 9.17) is 44.9 Å². The number of ketones is 3. The molecule has 0 fully saturated rings. The van der Waals surface area contributed by atoms with Crippen LogP contribution < -0.4 is 133 Å². The fourth-order valence-corrected chi connectivity index (χ4v) is 13.9. The van der Waals surface area contributed by atoms with Crippen LogP contribution in [-0.2, 0) is 9.68 Å². The molecule has 0 radical (unpaired) electrons. The van der Waals surface area contributed by atoms with E-state index >= 15 is 0 Å². The zero-order valence-corrected chi connectivity index (χ0v) is 90.8. The molecule has 23 heteroatoms. The third-order valence-corrected chi connectivity index (χ3v) is 22.6. The Morgan fingerprint density at radius 2 is 0.489 bits per heavy atom. The van der Waals surface area contributed by atoms with Gasteiger partial charge in [0.05, 0.1) is 19.8 Å². The van der Waals surface area contributed by atoms with E-state index < -0.39 is 0 Å². The molecule has 14 aromatic carbocycles. The van der Waals surface area contributed by atoms with Gasteiger partial charge in [0.15, 0.2) is 17.3 Å². The molecule has 8 N–H and O–H groups in total. The topological polar surface area (TPSA) is 285 Å². The molecule has 702 valence electrons. The van der Waals surface area contributed by atoms with Crippen LogP contribution in [0.3, 0.4) is 0 Å². The normalized spacial score (nSPS) is 10.7. The average molecular weight is 2150 g/mol. The van der Waals surface area contributed by atoms with Crippen LogP contribution in [-0.4, -0.2) is 109 Å². The van der Waals surface area contributed by atoms with Gasteiger partial charge in [0.1, 0.15) is 64.1 Å². The van der Waals surface area contributed by atoms with Gasteiger partial charge in [0, 0.05) is 62.1 Å². The van der Waals surface area contributed by atoms with E-state index in [1.54, 1.807) is 97.1 Å². The predicted octanol–water partition coefficient (Wildman–Crippen LogP) is 20.9. The smallest absolute Gasteiger partial charge is 1.00 e. The van der Waals surface area contributed by atoms with Crippen molar-refractivity contribution in [3.63, 3.8) is 0 Å². The molecule has 14 aromatic rings. The van der Waals surface area contributed by atoms with Gasteiger partial charge in [-0.15, -0.1) is 0 Å². The Morgan fingerprint density at radius 3 is 0.686 bits per heavy atom. The van der Waals surface area contributed by atoms with Gasteiger partial charge in [-0.2, -0.15) is 0 Å². The molecule has 0 unspecified atom stereocenters. The maximum Gasteiger partial charge on any atom is 1.00 e. The monoisotopic (exact) mass is 2150 g/mol. The Kier molecular flexibility index (Phi) is 58.3. The van der Waals surface area contributed by atoms with Crippen LogP contribution in [0, 0.1) is 0 Å². The first kappa shape index (κ1) is 117. The standard InChI is InChI=1S/C26H28O2.C24H23BrO2.C24H25NO2.C15H13BrO3.C13H10O3.C9H10O.C2H4Br2.CH2O3.2K.H/c1-3-5-19-28-24-17-13-22(14-18-24)26(21-11-15-23(27)16-12-21)25(4-2)20-9-7-6-8-10-20;2*1-2-23(18-6-4-3-5-7-18)24(19-8-12-21(26)13-9-19)20-10-14-22(15-11-20)27-17-16-25;16-9-10-19-14-7-3-12(4-8-14)15(18)11-1-5-13(17)6-2-11;14-11-5-1-9(2-6-11)13(16)10-3-7-12(15)8-4-10;1-2-9(10)8-6-4-3-5-7-8;3-1-2-4;2-1-4-3;;;/h6-18,27H,3-5,19H2,1-2H3;3-15,26H,2,16-17H2,1H3;3-15,26H,2,16-17,25H2,1H3;1-8,17H,9-10H2;1-8,14-15H;3-7H,2H2,1H3;1-2H2;1,3H;;;/q;;;;;;;;2*+1;-1/p-1. The summed E-state index contributed by atoms with van der Waals surface area (Å²) in [7, 11) is 0. The number of aromatic hydroxyl groups is 6. The number of alkyl halides is 4. The number of unbranched alkanes of at least 4 members (excludes halogenated alkanes) is 1. The molecule has 0 atom stereocenters. The number of halogens is 4. The summed E-state index contributed by atoms with van der Waals surface area (Å²) in [6.07, 6.45) is 5.49.